The van der Waals surface area contributed by atoms with Crippen LogP contribution in [0.2, 0.25) is 0 Å². The lowest BCUT2D eigenvalue weighted by atomic mass is 9.95. The second-order valence-corrected chi connectivity index (χ2v) is 4.36. The zero-order valence-electron chi connectivity index (χ0n) is 9.24. The van der Waals surface area contributed by atoms with Crippen LogP contribution in [0.3, 0.4) is 0 Å². The van der Waals surface area contributed by atoms with Crippen molar-refractivity contribution < 1.29 is 9.13 Å². The molecule has 1 fully saturated rings. The van der Waals surface area contributed by atoms with Gasteiger partial charge in [-0.1, -0.05) is 13.0 Å². The summed E-state index contributed by atoms with van der Waals surface area (Å²) in [4.78, 5) is 0. The van der Waals surface area contributed by atoms with E-state index in [-0.39, 0.29) is 11.7 Å². The Morgan fingerprint density at radius 2 is 2.25 bits per heavy atom. The summed E-state index contributed by atoms with van der Waals surface area (Å²) in [5.41, 5.74) is 0.927. The summed E-state index contributed by atoms with van der Waals surface area (Å²) in [7, 11) is 0. The molecule has 2 unspecified atom stereocenters. The number of nitrogens with zero attached hydrogens (tertiary/aromatic N) is 1. The molecule has 0 spiro atoms. The van der Waals surface area contributed by atoms with Crippen molar-refractivity contribution in [2.45, 2.75) is 25.9 Å². The first kappa shape index (κ1) is 11.1. The Balaban J connectivity index is 2.16. The van der Waals surface area contributed by atoms with Crippen LogP contribution in [0.25, 0.3) is 0 Å². The maximum Gasteiger partial charge on any atom is 0.141 e. The summed E-state index contributed by atoms with van der Waals surface area (Å²) in [6.07, 6.45) is 2.01. The fourth-order valence-corrected chi connectivity index (χ4v) is 1.97. The van der Waals surface area contributed by atoms with Crippen molar-refractivity contribution in [1.29, 1.82) is 5.26 Å². The van der Waals surface area contributed by atoms with Crippen LogP contribution in [0.15, 0.2) is 18.2 Å². The van der Waals surface area contributed by atoms with Gasteiger partial charge in [0, 0.05) is 6.61 Å². The smallest absolute Gasteiger partial charge is 0.141 e. The number of rotatable bonds is 1. The van der Waals surface area contributed by atoms with E-state index in [0.717, 1.165) is 25.0 Å². The number of ether oxygens (including phenoxy) is 1. The van der Waals surface area contributed by atoms with Crippen LogP contribution in [-0.4, -0.2) is 6.61 Å². The van der Waals surface area contributed by atoms with Gasteiger partial charge in [-0.05, 0) is 36.5 Å². The molecule has 2 atom stereocenters. The molecule has 0 N–H and O–H groups in total. The topological polar surface area (TPSA) is 33.0 Å². The molecule has 1 aromatic rings. The van der Waals surface area contributed by atoms with Crippen LogP contribution in [0.1, 0.15) is 37.0 Å². The van der Waals surface area contributed by atoms with E-state index in [1.54, 1.807) is 6.07 Å². The minimum atomic E-state index is -0.456. The van der Waals surface area contributed by atoms with E-state index >= 15 is 0 Å². The maximum absolute atomic E-state index is 13.4. The largest absolute Gasteiger partial charge is 0.373 e. The van der Waals surface area contributed by atoms with E-state index in [9.17, 15) is 4.39 Å². The van der Waals surface area contributed by atoms with Gasteiger partial charge in [-0.3, -0.25) is 0 Å². The van der Waals surface area contributed by atoms with Gasteiger partial charge >= 0.3 is 0 Å². The molecule has 2 rings (SSSR count). The molecule has 1 aliphatic rings. The van der Waals surface area contributed by atoms with E-state index in [1.165, 1.54) is 12.1 Å². The lowest BCUT2D eigenvalue weighted by Gasteiger charge is -2.27. The van der Waals surface area contributed by atoms with Crippen molar-refractivity contribution in [3.05, 3.63) is 35.1 Å². The molecule has 1 aliphatic heterocycles. The lowest BCUT2D eigenvalue weighted by Crippen LogP contribution is -2.18. The van der Waals surface area contributed by atoms with Crippen molar-refractivity contribution >= 4 is 0 Å². The normalized spacial score (nSPS) is 25.1. The highest BCUT2D eigenvalue weighted by atomic mass is 19.1. The first-order chi connectivity index (χ1) is 7.70. The van der Waals surface area contributed by atoms with Crippen molar-refractivity contribution in [2.24, 2.45) is 5.92 Å². The Labute approximate surface area is 94.7 Å². The van der Waals surface area contributed by atoms with Gasteiger partial charge in [-0.15, -0.1) is 0 Å². The zero-order chi connectivity index (χ0) is 11.5. The number of hydrogen-bond acceptors (Lipinski definition) is 2. The molecular formula is C13H14FNO. The van der Waals surface area contributed by atoms with E-state index < -0.39 is 5.82 Å². The first-order valence-electron chi connectivity index (χ1n) is 5.52. The summed E-state index contributed by atoms with van der Waals surface area (Å²) in [5.74, 6) is 0.127. The molecule has 84 valence electrons. The predicted molar refractivity (Wildman–Crippen MR) is 58.2 cm³/mol. The summed E-state index contributed by atoms with van der Waals surface area (Å²) < 4.78 is 19.1. The number of nitriles is 1. The van der Waals surface area contributed by atoms with Gasteiger partial charge in [0.15, 0.2) is 0 Å². The highest BCUT2D eigenvalue weighted by Crippen LogP contribution is 2.30. The Kier molecular flexibility index (Phi) is 3.21. The Morgan fingerprint density at radius 1 is 1.44 bits per heavy atom. The highest BCUT2D eigenvalue weighted by Gasteiger charge is 2.20. The Hall–Kier alpha value is -1.40. The average Bonchev–Trinajstić information content (AvgIpc) is 2.30. The molecule has 3 heteroatoms. The minimum absolute atomic E-state index is 0.0153. The number of hydrogen-bond donors (Lipinski definition) is 0. The van der Waals surface area contributed by atoms with Gasteiger partial charge in [0.05, 0.1) is 11.7 Å². The molecule has 16 heavy (non-hydrogen) atoms. The van der Waals surface area contributed by atoms with E-state index in [2.05, 4.69) is 6.92 Å². The molecule has 0 amide bonds. The standard InChI is InChI=1S/C13H14FNO/c1-9-2-5-13(16-8-9)10-3-4-11(7-15)12(14)6-10/h3-4,6,9,13H,2,5,8H2,1H3. The average molecular weight is 219 g/mol. The van der Waals surface area contributed by atoms with Gasteiger partial charge in [-0.25, -0.2) is 4.39 Å². The van der Waals surface area contributed by atoms with E-state index in [4.69, 9.17) is 10.00 Å². The summed E-state index contributed by atoms with van der Waals surface area (Å²) in [6, 6.07) is 6.53. The second kappa shape index (κ2) is 4.63. The summed E-state index contributed by atoms with van der Waals surface area (Å²) >= 11 is 0. The number of benzene rings is 1. The van der Waals surface area contributed by atoms with Crippen molar-refractivity contribution in [3.63, 3.8) is 0 Å². The molecule has 0 saturated carbocycles. The monoisotopic (exact) mass is 219 g/mol. The maximum atomic E-state index is 13.4. The third-order valence-electron chi connectivity index (χ3n) is 2.99. The zero-order valence-corrected chi connectivity index (χ0v) is 9.24. The van der Waals surface area contributed by atoms with Crippen molar-refractivity contribution in [3.8, 4) is 6.07 Å². The molecule has 2 nitrogen and oxygen atoms in total. The lowest BCUT2D eigenvalue weighted by molar-refractivity contribution is -0.0125. The minimum Gasteiger partial charge on any atom is -0.373 e. The highest BCUT2D eigenvalue weighted by molar-refractivity contribution is 5.34. The van der Waals surface area contributed by atoms with Gasteiger partial charge < -0.3 is 4.74 Å². The molecule has 0 radical (unpaired) electrons. The molecule has 1 aromatic carbocycles. The third-order valence-corrected chi connectivity index (χ3v) is 2.99. The quantitative estimate of drug-likeness (QED) is 0.726. The van der Waals surface area contributed by atoms with Crippen molar-refractivity contribution in [2.75, 3.05) is 6.61 Å². The Bertz CT molecular complexity index is 416. The van der Waals surface area contributed by atoms with Crippen LogP contribution >= 0.6 is 0 Å². The van der Waals surface area contributed by atoms with E-state index in [1.807, 2.05) is 6.07 Å². The van der Waals surface area contributed by atoms with Crippen LogP contribution < -0.4 is 0 Å². The van der Waals surface area contributed by atoms with Crippen LogP contribution in [-0.2, 0) is 4.74 Å². The third kappa shape index (κ3) is 2.23. The summed E-state index contributed by atoms with van der Waals surface area (Å²) in [6.45, 7) is 2.88. The first-order valence-corrected chi connectivity index (χ1v) is 5.52. The van der Waals surface area contributed by atoms with Crippen LogP contribution in [0.4, 0.5) is 4.39 Å². The molecule has 0 bridgehead atoms. The second-order valence-electron chi connectivity index (χ2n) is 4.36. The van der Waals surface area contributed by atoms with Gasteiger partial charge in [0.1, 0.15) is 11.9 Å². The van der Waals surface area contributed by atoms with Crippen LogP contribution in [0.5, 0.6) is 0 Å². The molecule has 1 saturated heterocycles. The SMILES string of the molecule is CC1CCC(c2ccc(C#N)c(F)c2)OC1. The van der Waals surface area contributed by atoms with Gasteiger partial charge in [-0.2, -0.15) is 5.26 Å². The molecule has 1 heterocycles. The molecular weight excluding hydrogens is 205 g/mol. The fourth-order valence-electron chi connectivity index (χ4n) is 1.97. The van der Waals surface area contributed by atoms with Crippen molar-refractivity contribution in [1.82, 2.24) is 0 Å². The number of halogens is 1. The van der Waals surface area contributed by atoms with Gasteiger partial charge in [0.2, 0.25) is 0 Å². The molecule has 0 aliphatic carbocycles. The van der Waals surface area contributed by atoms with E-state index in [0.29, 0.717) is 5.92 Å². The van der Waals surface area contributed by atoms with Gasteiger partial charge in [0.25, 0.3) is 0 Å². The summed E-state index contributed by atoms with van der Waals surface area (Å²) in [5, 5.41) is 8.63. The Morgan fingerprint density at radius 3 is 2.81 bits per heavy atom. The predicted octanol–water partition coefficient (Wildman–Crippen LogP) is 3.18. The fraction of sp³-hybridized carbons (Fsp3) is 0.462. The molecule has 0 aromatic heterocycles. The van der Waals surface area contributed by atoms with Crippen LogP contribution in [0, 0.1) is 23.1 Å².